The van der Waals surface area contributed by atoms with Crippen molar-refractivity contribution >= 4 is 11.9 Å². The first-order chi connectivity index (χ1) is 9.25. The number of Topliss-reactive ketones (excluding diaryl/α,β-unsaturated/α-hetero) is 1. The fraction of sp³-hybridized carbons (Fsp3) is 0.438. The second kappa shape index (κ2) is 7.22. The van der Waals surface area contributed by atoms with Gasteiger partial charge in [-0.2, -0.15) is 0 Å². The Morgan fingerprint density at radius 3 is 2.63 bits per heavy atom. The van der Waals surface area contributed by atoms with E-state index in [1.165, 1.54) is 0 Å². The van der Waals surface area contributed by atoms with Crippen LogP contribution in [0.1, 0.15) is 18.9 Å². The van der Waals surface area contributed by atoms with Gasteiger partial charge in [0.05, 0.1) is 13.2 Å². The molecule has 0 bridgehead atoms. The highest BCUT2D eigenvalue weighted by Gasteiger charge is 2.12. The first kappa shape index (κ1) is 14.0. The molecule has 19 heavy (non-hydrogen) atoms. The molecule has 3 heteroatoms. The predicted octanol–water partition coefficient (Wildman–Crippen LogP) is 2.38. The highest BCUT2D eigenvalue weighted by molar-refractivity contribution is 5.98. The van der Waals surface area contributed by atoms with Crippen LogP contribution >= 0.6 is 0 Å². The molecule has 1 fully saturated rings. The Bertz CT molecular complexity index is 433. The highest BCUT2D eigenvalue weighted by Crippen LogP contribution is 2.09. The number of nitrogens with zero attached hydrogens (tertiary/aromatic N) is 1. The van der Waals surface area contributed by atoms with Crippen molar-refractivity contribution in [1.82, 2.24) is 4.90 Å². The molecule has 0 atom stereocenters. The van der Waals surface area contributed by atoms with E-state index in [0.29, 0.717) is 6.42 Å². The van der Waals surface area contributed by atoms with Gasteiger partial charge in [-0.3, -0.25) is 9.69 Å². The molecular formula is C16H21NO2. The number of morpholine rings is 1. The number of carbonyl (C=O) groups excluding carboxylic acids is 1. The summed E-state index contributed by atoms with van der Waals surface area (Å²) in [5.41, 5.74) is 1.92. The largest absolute Gasteiger partial charge is 0.379 e. The van der Waals surface area contributed by atoms with Gasteiger partial charge in [-0.25, -0.2) is 0 Å². The average Bonchev–Trinajstić information content (AvgIpc) is 2.47. The second-order valence-corrected chi connectivity index (χ2v) is 4.87. The lowest BCUT2D eigenvalue weighted by molar-refractivity contribution is -0.116. The van der Waals surface area contributed by atoms with E-state index in [-0.39, 0.29) is 5.78 Å². The lowest BCUT2D eigenvalue weighted by Gasteiger charge is -2.26. The first-order valence-corrected chi connectivity index (χ1v) is 6.82. The lowest BCUT2D eigenvalue weighted by Crippen LogP contribution is -2.37. The summed E-state index contributed by atoms with van der Waals surface area (Å²) in [6.07, 6.45) is 2.55. The summed E-state index contributed by atoms with van der Waals surface area (Å²) in [4.78, 5) is 14.4. The summed E-state index contributed by atoms with van der Waals surface area (Å²) in [6, 6.07) is 9.97. The van der Waals surface area contributed by atoms with Gasteiger partial charge in [0.2, 0.25) is 0 Å². The van der Waals surface area contributed by atoms with Gasteiger partial charge in [0, 0.05) is 26.1 Å². The second-order valence-electron chi connectivity index (χ2n) is 4.87. The van der Waals surface area contributed by atoms with E-state index in [1.54, 1.807) is 0 Å². The van der Waals surface area contributed by atoms with Crippen molar-refractivity contribution in [2.24, 2.45) is 0 Å². The van der Waals surface area contributed by atoms with Crippen molar-refractivity contribution in [2.75, 3.05) is 32.8 Å². The van der Waals surface area contributed by atoms with Crippen LogP contribution in [0.2, 0.25) is 0 Å². The molecule has 0 saturated carbocycles. The molecule has 1 aromatic rings. The van der Waals surface area contributed by atoms with Crippen LogP contribution in [0.4, 0.5) is 0 Å². The summed E-state index contributed by atoms with van der Waals surface area (Å²) in [5.74, 6) is 0.232. The standard InChI is InChI=1S/C16H21NO2/c1-14(13-15-5-3-2-4-6-15)16(18)7-8-17-9-11-19-12-10-17/h2-6,13H,7-12H2,1H3/b14-13+. The molecule has 0 aromatic heterocycles. The van der Waals surface area contributed by atoms with E-state index in [9.17, 15) is 4.79 Å². The normalized spacial score (nSPS) is 17.4. The maximum Gasteiger partial charge on any atom is 0.159 e. The Hall–Kier alpha value is -1.45. The van der Waals surface area contributed by atoms with E-state index in [1.807, 2.05) is 43.3 Å². The number of ether oxygens (including phenoxy) is 1. The van der Waals surface area contributed by atoms with Gasteiger partial charge in [-0.15, -0.1) is 0 Å². The molecule has 0 amide bonds. The van der Waals surface area contributed by atoms with Crippen molar-refractivity contribution in [1.29, 1.82) is 0 Å². The molecule has 3 nitrogen and oxygen atoms in total. The van der Waals surface area contributed by atoms with Crippen molar-refractivity contribution in [2.45, 2.75) is 13.3 Å². The number of hydrogen-bond donors (Lipinski definition) is 0. The zero-order valence-corrected chi connectivity index (χ0v) is 11.5. The van der Waals surface area contributed by atoms with Crippen LogP contribution in [0.5, 0.6) is 0 Å². The van der Waals surface area contributed by atoms with E-state index in [4.69, 9.17) is 4.74 Å². The van der Waals surface area contributed by atoms with Gasteiger partial charge >= 0.3 is 0 Å². The number of hydrogen-bond acceptors (Lipinski definition) is 3. The minimum Gasteiger partial charge on any atom is -0.379 e. The zero-order valence-electron chi connectivity index (χ0n) is 11.5. The molecule has 0 radical (unpaired) electrons. The number of benzene rings is 1. The molecule has 1 aliphatic heterocycles. The summed E-state index contributed by atoms with van der Waals surface area (Å²) in [5, 5.41) is 0. The van der Waals surface area contributed by atoms with Crippen molar-refractivity contribution in [3.8, 4) is 0 Å². The highest BCUT2D eigenvalue weighted by atomic mass is 16.5. The third-order valence-corrected chi connectivity index (χ3v) is 3.38. The summed E-state index contributed by atoms with van der Waals surface area (Å²) >= 11 is 0. The monoisotopic (exact) mass is 259 g/mol. The molecule has 0 N–H and O–H groups in total. The van der Waals surface area contributed by atoms with Crippen LogP contribution in [0, 0.1) is 0 Å². The summed E-state index contributed by atoms with van der Waals surface area (Å²) in [6.45, 7) is 6.18. The van der Waals surface area contributed by atoms with Crippen molar-refractivity contribution in [3.05, 3.63) is 41.5 Å². The van der Waals surface area contributed by atoms with E-state index < -0.39 is 0 Å². The fourth-order valence-corrected chi connectivity index (χ4v) is 2.16. The minimum atomic E-state index is 0.232. The Labute approximate surface area is 114 Å². The molecule has 0 aliphatic carbocycles. The predicted molar refractivity (Wildman–Crippen MR) is 77.0 cm³/mol. The van der Waals surface area contributed by atoms with Gasteiger partial charge < -0.3 is 4.74 Å². The van der Waals surface area contributed by atoms with Gasteiger partial charge in [0.1, 0.15) is 0 Å². The van der Waals surface area contributed by atoms with Gasteiger partial charge in [0.25, 0.3) is 0 Å². The van der Waals surface area contributed by atoms with Crippen LogP contribution in [0.3, 0.4) is 0 Å². The lowest BCUT2D eigenvalue weighted by atomic mass is 10.1. The van der Waals surface area contributed by atoms with Gasteiger partial charge in [-0.1, -0.05) is 30.3 Å². The quantitative estimate of drug-likeness (QED) is 0.760. The Balaban J connectivity index is 1.83. The minimum absolute atomic E-state index is 0.232. The first-order valence-electron chi connectivity index (χ1n) is 6.82. The molecule has 1 heterocycles. The van der Waals surface area contributed by atoms with Crippen molar-refractivity contribution < 1.29 is 9.53 Å². The third kappa shape index (κ3) is 4.62. The molecule has 2 rings (SSSR count). The molecule has 102 valence electrons. The van der Waals surface area contributed by atoms with Crippen LogP contribution in [0.15, 0.2) is 35.9 Å². The van der Waals surface area contributed by atoms with Gasteiger partial charge in [-0.05, 0) is 24.1 Å². The zero-order chi connectivity index (χ0) is 13.5. The maximum absolute atomic E-state index is 12.1. The summed E-state index contributed by atoms with van der Waals surface area (Å²) < 4.78 is 5.29. The fourth-order valence-electron chi connectivity index (χ4n) is 2.16. The topological polar surface area (TPSA) is 29.5 Å². The molecular weight excluding hydrogens is 238 g/mol. The number of carbonyl (C=O) groups is 1. The molecule has 1 aromatic carbocycles. The maximum atomic E-state index is 12.1. The van der Waals surface area contributed by atoms with E-state index in [2.05, 4.69) is 4.90 Å². The molecule has 1 aliphatic rings. The van der Waals surface area contributed by atoms with Gasteiger partial charge in [0.15, 0.2) is 5.78 Å². The Kier molecular flexibility index (Phi) is 5.31. The molecule has 1 saturated heterocycles. The van der Waals surface area contributed by atoms with Crippen LogP contribution in [-0.2, 0) is 9.53 Å². The van der Waals surface area contributed by atoms with Crippen LogP contribution < -0.4 is 0 Å². The van der Waals surface area contributed by atoms with E-state index in [0.717, 1.165) is 44.0 Å². The van der Waals surface area contributed by atoms with Crippen LogP contribution in [0.25, 0.3) is 6.08 Å². The SMILES string of the molecule is C/C(=C\c1ccccc1)C(=O)CCN1CCOCC1. The smallest absolute Gasteiger partial charge is 0.159 e. The number of ketones is 1. The average molecular weight is 259 g/mol. The Morgan fingerprint density at radius 2 is 1.95 bits per heavy atom. The third-order valence-electron chi connectivity index (χ3n) is 3.38. The molecule has 0 unspecified atom stereocenters. The van der Waals surface area contributed by atoms with Crippen molar-refractivity contribution in [3.63, 3.8) is 0 Å². The number of rotatable bonds is 5. The Morgan fingerprint density at radius 1 is 1.26 bits per heavy atom. The summed E-state index contributed by atoms with van der Waals surface area (Å²) in [7, 11) is 0. The van der Waals surface area contributed by atoms with E-state index >= 15 is 0 Å². The molecule has 0 spiro atoms. The van der Waals surface area contributed by atoms with Crippen LogP contribution in [-0.4, -0.2) is 43.5 Å². The number of allylic oxidation sites excluding steroid dienone is 1.